The van der Waals surface area contributed by atoms with E-state index in [0.29, 0.717) is 44.7 Å². The summed E-state index contributed by atoms with van der Waals surface area (Å²) in [5, 5.41) is 14.7. The Morgan fingerprint density at radius 1 is 1.06 bits per heavy atom. The molecule has 0 saturated carbocycles. The molecule has 0 atom stereocenters. The molecule has 0 fully saturated rings. The number of halogens is 1. The summed E-state index contributed by atoms with van der Waals surface area (Å²) >= 11 is 6.34. The Kier molecular flexibility index (Phi) is 6.29. The number of fused-ring (bicyclic) bond motifs is 1. The summed E-state index contributed by atoms with van der Waals surface area (Å²) in [7, 11) is -3.16. The van der Waals surface area contributed by atoms with Gasteiger partial charge in [0.15, 0.2) is 0 Å². The number of carboxylic acids is 1. The van der Waals surface area contributed by atoms with Crippen LogP contribution in [-0.2, 0) is 16.3 Å². The predicted molar refractivity (Wildman–Crippen MR) is 131 cm³/mol. The number of nitrogens with zero attached hydrogens (tertiary/aromatic N) is 2. The number of carbonyl (C=O) groups excluding carboxylic acids is 1. The van der Waals surface area contributed by atoms with E-state index in [1.165, 1.54) is 23.1 Å². The van der Waals surface area contributed by atoms with E-state index in [0.717, 1.165) is 5.56 Å². The lowest BCUT2D eigenvalue weighted by atomic mass is 10.0. The van der Waals surface area contributed by atoms with Gasteiger partial charge in [0.2, 0.25) is 0 Å². The SMILES string of the molecule is Cc1cccc(Cl)c1C(=O)n1nc(-c2ccc(C(=O)O)cc2)c2ccc(CCS(C)(=O)=O)cc21. The van der Waals surface area contributed by atoms with Crippen LogP contribution in [0.1, 0.15) is 31.8 Å². The first-order valence-electron chi connectivity index (χ1n) is 10.4. The molecule has 0 unspecified atom stereocenters. The molecule has 0 radical (unpaired) electrons. The quantitative estimate of drug-likeness (QED) is 0.417. The normalized spacial score (nSPS) is 11.6. The Hall–Kier alpha value is -3.49. The number of carbonyl (C=O) groups is 2. The molecule has 0 aliphatic carbocycles. The Balaban J connectivity index is 1.90. The summed E-state index contributed by atoms with van der Waals surface area (Å²) in [4.78, 5) is 24.8. The lowest BCUT2D eigenvalue weighted by Gasteiger charge is -2.08. The van der Waals surface area contributed by atoms with Crippen LogP contribution in [0.4, 0.5) is 0 Å². The zero-order valence-corrected chi connectivity index (χ0v) is 20.0. The maximum absolute atomic E-state index is 13.6. The van der Waals surface area contributed by atoms with E-state index in [4.69, 9.17) is 11.6 Å². The van der Waals surface area contributed by atoms with Crippen molar-refractivity contribution in [1.82, 2.24) is 9.78 Å². The fraction of sp³-hybridized carbons (Fsp3) is 0.160. The molecule has 0 amide bonds. The minimum Gasteiger partial charge on any atom is -0.478 e. The molecule has 0 saturated heterocycles. The molecule has 1 heterocycles. The lowest BCUT2D eigenvalue weighted by Crippen LogP contribution is -2.15. The Morgan fingerprint density at radius 3 is 2.38 bits per heavy atom. The van der Waals surface area contributed by atoms with Gasteiger partial charge >= 0.3 is 5.97 Å². The van der Waals surface area contributed by atoms with Gasteiger partial charge in [0, 0.05) is 17.2 Å². The molecule has 0 aliphatic rings. The molecule has 0 bridgehead atoms. The highest BCUT2D eigenvalue weighted by Crippen LogP contribution is 2.31. The van der Waals surface area contributed by atoms with Crippen LogP contribution in [-0.4, -0.2) is 47.2 Å². The van der Waals surface area contributed by atoms with Crippen LogP contribution in [0.25, 0.3) is 22.2 Å². The smallest absolute Gasteiger partial charge is 0.335 e. The predicted octanol–water partition coefficient (Wildman–Crippen LogP) is 4.64. The van der Waals surface area contributed by atoms with E-state index in [1.54, 1.807) is 55.5 Å². The van der Waals surface area contributed by atoms with E-state index >= 15 is 0 Å². The summed E-state index contributed by atoms with van der Waals surface area (Å²) < 4.78 is 24.6. The third-order valence-electron chi connectivity index (χ3n) is 5.54. The number of benzene rings is 3. The van der Waals surface area contributed by atoms with Gasteiger partial charge in [0.25, 0.3) is 5.91 Å². The molecule has 1 N–H and O–H groups in total. The number of aromatic carboxylic acids is 1. The second kappa shape index (κ2) is 9.04. The minimum atomic E-state index is -3.16. The molecule has 34 heavy (non-hydrogen) atoms. The van der Waals surface area contributed by atoms with E-state index in [2.05, 4.69) is 5.10 Å². The van der Waals surface area contributed by atoms with Crippen molar-refractivity contribution in [3.63, 3.8) is 0 Å². The van der Waals surface area contributed by atoms with Crippen LogP contribution in [0.5, 0.6) is 0 Å². The van der Waals surface area contributed by atoms with E-state index in [1.807, 2.05) is 0 Å². The molecule has 9 heteroatoms. The molecule has 4 aromatic rings. The molecule has 4 rings (SSSR count). The molecule has 3 aromatic carbocycles. The summed E-state index contributed by atoms with van der Waals surface area (Å²) in [6.07, 6.45) is 1.47. The van der Waals surface area contributed by atoms with Gasteiger partial charge in [-0.3, -0.25) is 4.79 Å². The van der Waals surface area contributed by atoms with Crippen molar-refractivity contribution in [3.8, 4) is 11.3 Å². The Labute approximate surface area is 201 Å². The van der Waals surface area contributed by atoms with Crippen LogP contribution < -0.4 is 0 Å². The molecular weight excluding hydrogens is 476 g/mol. The van der Waals surface area contributed by atoms with Crippen molar-refractivity contribution in [2.24, 2.45) is 0 Å². The maximum Gasteiger partial charge on any atom is 0.335 e. The number of rotatable bonds is 6. The van der Waals surface area contributed by atoms with Gasteiger partial charge in [-0.15, -0.1) is 0 Å². The molecule has 1 aromatic heterocycles. The van der Waals surface area contributed by atoms with E-state index < -0.39 is 21.7 Å². The van der Waals surface area contributed by atoms with Gasteiger partial charge in [-0.25, -0.2) is 13.2 Å². The van der Waals surface area contributed by atoms with Crippen LogP contribution in [0.3, 0.4) is 0 Å². The summed E-state index contributed by atoms with van der Waals surface area (Å²) in [5.74, 6) is -1.48. The largest absolute Gasteiger partial charge is 0.478 e. The summed E-state index contributed by atoms with van der Waals surface area (Å²) in [6.45, 7) is 1.79. The second-order valence-corrected chi connectivity index (χ2v) is 10.8. The highest BCUT2D eigenvalue weighted by atomic mass is 35.5. The third kappa shape index (κ3) is 4.73. The number of hydrogen-bond donors (Lipinski definition) is 1. The van der Waals surface area contributed by atoms with Gasteiger partial charge < -0.3 is 5.11 Å². The first kappa shape index (κ1) is 23.7. The number of aromatic nitrogens is 2. The monoisotopic (exact) mass is 496 g/mol. The van der Waals surface area contributed by atoms with Crippen LogP contribution >= 0.6 is 11.6 Å². The van der Waals surface area contributed by atoms with Gasteiger partial charge in [0.1, 0.15) is 15.5 Å². The van der Waals surface area contributed by atoms with E-state index in [9.17, 15) is 23.1 Å². The van der Waals surface area contributed by atoms with Crippen molar-refractivity contribution >= 4 is 44.2 Å². The fourth-order valence-corrected chi connectivity index (χ4v) is 4.68. The third-order valence-corrected chi connectivity index (χ3v) is 6.80. The Morgan fingerprint density at radius 2 is 1.76 bits per heavy atom. The number of aryl methyl sites for hydroxylation is 2. The minimum absolute atomic E-state index is 0.0201. The zero-order chi connectivity index (χ0) is 24.6. The second-order valence-electron chi connectivity index (χ2n) is 8.11. The molecule has 7 nitrogen and oxygen atoms in total. The van der Waals surface area contributed by atoms with Gasteiger partial charge in [-0.05, 0) is 48.7 Å². The van der Waals surface area contributed by atoms with Crippen LogP contribution in [0.2, 0.25) is 5.02 Å². The fourth-order valence-electron chi connectivity index (χ4n) is 3.77. The highest BCUT2D eigenvalue weighted by molar-refractivity contribution is 7.90. The molecule has 0 aliphatic heterocycles. The first-order chi connectivity index (χ1) is 16.0. The molecular formula is C25H21ClN2O5S. The van der Waals surface area contributed by atoms with Crippen LogP contribution in [0.15, 0.2) is 60.7 Å². The maximum atomic E-state index is 13.6. The average Bonchev–Trinajstić information content (AvgIpc) is 3.16. The van der Waals surface area contributed by atoms with Crippen molar-refractivity contribution in [3.05, 3.63) is 87.9 Å². The molecule has 174 valence electrons. The number of sulfone groups is 1. The van der Waals surface area contributed by atoms with Crippen molar-refractivity contribution < 1.29 is 23.1 Å². The standard InChI is InChI=1S/C25H21ClN2O5S/c1-15-4-3-5-20(26)22(15)24(29)28-21-14-16(12-13-34(2,32)33)6-11-19(21)23(27-28)17-7-9-18(10-8-17)25(30)31/h3-11,14H,12-13H2,1-2H3,(H,30,31). The van der Waals surface area contributed by atoms with Crippen molar-refractivity contribution in [1.29, 1.82) is 0 Å². The zero-order valence-electron chi connectivity index (χ0n) is 18.4. The summed E-state index contributed by atoms with van der Waals surface area (Å²) in [5.41, 5.74) is 3.55. The van der Waals surface area contributed by atoms with Crippen molar-refractivity contribution in [2.75, 3.05) is 12.0 Å². The van der Waals surface area contributed by atoms with Gasteiger partial charge in [0.05, 0.1) is 27.4 Å². The highest BCUT2D eigenvalue weighted by Gasteiger charge is 2.22. The average molecular weight is 497 g/mol. The van der Waals surface area contributed by atoms with Gasteiger partial charge in [-0.2, -0.15) is 9.78 Å². The number of hydrogen-bond acceptors (Lipinski definition) is 5. The summed E-state index contributed by atoms with van der Waals surface area (Å²) in [6, 6.07) is 16.8. The topological polar surface area (TPSA) is 106 Å². The van der Waals surface area contributed by atoms with Crippen molar-refractivity contribution in [2.45, 2.75) is 13.3 Å². The molecule has 0 spiro atoms. The van der Waals surface area contributed by atoms with Gasteiger partial charge in [-0.1, -0.05) is 48.0 Å². The Bertz CT molecular complexity index is 1520. The van der Waals surface area contributed by atoms with Crippen LogP contribution in [0, 0.1) is 6.92 Å². The van der Waals surface area contributed by atoms with E-state index in [-0.39, 0.29) is 11.3 Å². The lowest BCUT2D eigenvalue weighted by molar-refractivity contribution is 0.0696. The first-order valence-corrected chi connectivity index (χ1v) is 12.8. The number of carboxylic acid groups (broad SMARTS) is 1.